The van der Waals surface area contributed by atoms with E-state index in [-0.39, 0.29) is 0 Å². The van der Waals surface area contributed by atoms with E-state index < -0.39 is 0 Å². The van der Waals surface area contributed by atoms with E-state index in [0.29, 0.717) is 0 Å². The molecule has 0 spiro atoms. The molecule has 0 bridgehead atoms. The van der Waals surface area contributed by atoms with Crippen molar-refractivity contribution in [1.82, 2.24) is 0 Å². The van der Waals surface area contributed by atoms with Gasteiger partial charge in [0.2, 0.25) is 0 Å². The Kier molecular flexibility index (Phi) is 4.00. The Balaban J connectivity index is 1.87. The lowest BCUT2D eigenvalue weighted by Gasteiger charge is -2.07. The highest BCUT2D eigenvalue weighted by molar-refractivity contribution is 9.10. The average molecular weight is 276 g/mol. The van der Waals surface area contributed by atoms with Gasteiger partial charge in [0.25, 0.3) is 0 Å². The SMILES string of the molecule is Brc1ccccc1CCNc1ccccc1. The zero-order chi connectivity index (χ0) is 11.2. The first kappa shape index (κ1) is 11.2. The van der Waals surface area contributed by atoms with Crippen LogP contribution in [-0.2, 0) is 6.42 Å². The van der Waals surface area contributed by atoms with E-state index in [0.717, 1.165) is 13.0 Å². The van der Waals surface area contributed by atoms with Crippen LogP contribution in [0.25, 0.3) is 0 Å². The number of para-hydroxylation sites is 1. The summed E-state index contributed by atoms with van der Waals surface area (Å²) in [7, 11) is 0. The summed E-state index contributed by atoms with van der Waals surface area (Å²) in [6.45, 7) is 0.951. The van der Waals surface area contributed by atoms with Gasteiger partial charge in [-0.25, -0.2) is 0 Å². The van der Waals surface area contributed by atoms with Gasteiger partial charge in [-0.15, -0.1) is 0 Å². The fraction of sp³-hybridized carbons (Fsp3) is 0.143. The minimum absolute atomic E-state index is 0.951. The molecule has 0 amide bonds. The van der Waals surface area contributed by atoms with Crippen molar-refractivity contribution in [3.63, 3.8) is 0 Å². The molecule has 2 rings (SSSR count). The van der Waals surface area contributed by atoms with Crippen LogP contribution in [0.3, 0.4) is 0 Å². The normalized spacial score (nSPS) is 10.1. The van der Waals surface area contributed by atoms with Crippen LogP contribution in [0.1, 0.15) is 5.56 Å². The van der Waals surface area contributed by atoms with Crippen molar-refractivity contribution in [1.29, 1.82) is 0 Å². The van der Waals surface area contributed by atoms with Crippen molar-refractivity contribution in [3.8, 4) is 0 Å². The lowest BCUT2D eigenvalue weighted by atomic mass is 10.1. The summed E-state index contributed by atoms with van der Waals surface area (Å²) < 4.78 is 1.19. The van der Waals surface area contributed by atoms with E-state index in [9.17, 15) is 0 Å². The molecule has 16 heavy (non-hydrogen) atoms. The summed E-state index contributed by atoms with van der Waals surface area (Å²) in [5.74, 6) is 0. The highest BCUT2D eigenvalue weighted by Gasteiger charge is 1.97. The molecule has 0 aliphatic carbocycles. The van der Waals surface area contributed by atoms with Crippen molar-refractivity contribution in [2.45, 2.75) is 6.42 Å². The topological polar surface area (TPSA) is 12.0 Å². The predicted octanol–water partition coefficient (Wildman–Crippen LogP) is 4.10. The Hall–Kier alpha value is -1.28. The molecule has 0 aromatic heterocycles. The van der Waals surface area contributed by atoms with Crippen molar-refractivity contribution < 1.29 is 0 Å². The van der Waals surface area contributed by atoms with Gasteiger partial charge in [-0.3, -0.25) is 0 Å². The summed E-state index contributed by atoms with van der Waals surface area (Å²) in [5.41, 5.74) is 2.51. The smallest absolute Gasteiger partial charge is 0.0340 e. The van der Waals surface area contributed by atoms with Gasteiger partial charge in [-0.05, 0) is 30.2 Å². The number of hydrogen-bond donors (Lipinski definition) is 1. The van der Waals surface area contributed by atoms with Crippen LogP contribution < -0.4 is 5.32 Å². The molecule has 0 aliphatic heterocycles. The first-order valence-corrected chi connectivity index (χ1v) is 6.18. The third-order valence-corrected chi connectivity index (χ3v) is 3.23. The maximum absolute atomic E-state index is 3.55. The van der Waals surface area contributed by atoms with Crippen molar-refractivity contribution in [3.05, 3.63) is 64.6 Å². The fourth-order valence-corrected chi connectivity index (χ4v) is 2.08. The Morgan fingerprint density at radius 2 is 1.56 bits per heavy atom. The molecule has 0 atom stereocenters. The summed E-state index contributed by atoms with van der Waals surface area (Å²) in [6.07, 6.45) is 1.02. The highest BCUT2D eigenvalue weighted by Crippen LogP contribution is 2.16. The molecule has 0 heterocycles. The van der Waals surface area contributed by atoms with Crippen molar-refractivity contribution in [2.75, 3.05) is 11.9 Å². The van der Waals surface area contributed by atoms with E-state index in [1.807, 2.05) is 24.3 Å². The minimum Gasteiger partial charge on any atom is -0.385 e. The Bertz CT molecular complexity index is 439. The number of rotatable bonds is 4. The minimum atomic E-state index is 0.951. The van der Waals surface area contributed by atoms with E-state index in [1.165, 1.54) is 15.7 Å². The van der Waals surface area contributed by atoms with Crippen LogP contribution >= 0.6 is 15.9 Å². The molecule has 1 nitrogen and oxygen atoms in total. The average Bonchev–Trinajstić information content (AvgIpc) is 2.33. The standard InChI is InChI=1S/C14H14BrN/c15-14-9-5-4-6-12(14)10-11-16-13-7-2-1-3-8-13/h1-9,16H,10-11H2. The number of anilines is 1. The largest absolute Gasteiger partial charge is 0.385 e. The molecule has 0 saturated heterocycles. The van der Waals surface area contributed by atoms with E-state index >= 15 is 0 Å². The first-order chi connectivity index (χ1) is 7.86. The van der Waals surface area contributed by atoms with Gasteiger partial charge >= 0.3 is 0 Å². The third-order valence-electron chi connectivity index (χ3n) is 2.46. The van der Waals surface area contributed by atoms with Gasteiger partial charge in [0.1, 0.15) is 0 Å². The summed E-state index contributed by atoms with van der Waals surface area (Å²) in [4.78, 5) is 0. The molecule has 82 valence electrons. The zero-order valence-electron chi connectivity index (χ0n) is 8.99. The van der Waals surface area contributed by atoms with Crippen LogP contribution in [0.15, 0.2) is 59.1 Å². The number of nitrogens with one attached hydrogen (secondary N) is 1. The first-order valence-electron chi connectivity index (χ1n) is 5.38. The fourth-order valence-electron chi connectivity index (χ4n) is 1.60. The van der Waals surface area contributed by atoms with Gasteiger partial charge < -0.3 is 5.32 Å². The van der Waals surface area contributed by atoms with Gasteiger partial charge in [-0.2, -0.15) is 0 Å². The van der Waals surface area contributed by atoms with Crippen LogP contribution in [0, 0.1) is 0 Å². The van der Waals surface area contributed by atoms with Crippen molar-refractivity contribution >= 4 is 21.6 Å². The molecule has 0 fully saturated rings. The number of benzene rings is 2. The number of hydrogen-bond acceptors (Lipinski definition) is 1. The second-order valence-electron chi connectivity index (χ2n) is 3.63. The second kappa shape index (κ2) is 5.71. The molecule has 0 saturated carbocycles. The van der Waals surface area contributed by atoms with Crippen LogP contribution in [0.4, 0.5) is 5.69 Å². The van der Waals surface area contributed by atoms with Crippen LogP contribution in [-0.4, -0.2) is 6.54 Å². The summed E-state index contributed by atoms with van der Waals surface area (Å²) >= 11 is 3.55. The zero-order valence-corrected chi connectivity index (χ0v) is 10.6. The maximum Gasteiger partial charge on any atom is 0.0340 e. The Labute approximate surface area is 105 Å². The maximum atomic E-state index is 3.55. The van der Waals surface area contributed by atoms with Gasteiger partial charge in [0.05, 0.1) is 0 Å². The molecule has 0 unspecified atom stereocenters. The van der Waals surface area contributed by atoms with Gasteiger partial charge in [0.15, 0.2) is 0 Å². The van der Waals surface area contributed by atoms with E-state index in [2.05, 4.69) is 51.6 Å². The Morgan fingerprint density at radius 1 is 0.875 bits per heavy atom. The molecular formula is C14H14BrN. The lowest BCUT2D eigenvalue weighted by molar-refractivity contribution is 1.01. The monoisotopic (exact) mass is 275 g/mol. The van der Waals surface area contributed by atoms with Crippen molar-refractivity contribution in [2.24, 2.45) is 0 Å². The molecule has 2 aromatic rings. The molecule has 0 radical (unpaired) electrons. The van der Waals surface area contributed by atoms with Crippen LogP contribution in [0.5, 0.6) is 0 Å². The molecule has 0 aliphatic rings. The quantitative estimate of drug-likeness (QED) is 0.886. The van der Waals surface area contributed by atoms with E-state index in [4.69, 9.17) is 0 Å². The van der Waals surface area contributed by atoms with E-state index in [1.54, 1.807) is 0 Å². The third kappa shape index (κ3) is 3.11. The summed E-state index contributed by atoms with van der Waals surface area (Å²) in [6, 6.07) is 18.6. The molecule has 1 N–H and O–H groups in total. The van der Waals surface area contributed by atoms with Crippen LogP contribution in [0.2, 0.25) is 0 Å². The molecule has 2 aromatic carbocycles. The second-order valence-corrected chi connectivity index (χ2v) is 4.49. The lowest BCUT2D eigenvalue weighted by Crippen LogP contribution is -2.04. The number of halogens is 1. The highest BCUT2D eigenvalue weighted by atomic mass is 79.9. The van der Waals surface area contributed by atoms with Gasteiger partial charge in [-0.1, -0.05) is 52.3 Å². The molecular weight excluding hydrogens is 262 g/mol. The molecule has 2 heteroatoms. The summed E-state index contributed by atoms with van der Waals surface area (Å²) in [5, 5.41) is 3.40. The predicted molar refractivity (Wildman–Crippen MR) is 72.8 cm³/mol. The Morgan fingerprint density at radius 3 is 2.31 bits per heavy atom. The van der Waals surface area contributed by atoms with Gasteiger partial charge in [0, 0.05) is 16.7 Å².